The van der Waals surface area contributed by atoms with Gasteiger partial charge in [-0.25, -0.2) is 4.99 Å². The second kappa shape index (κ2) is 48.2. The third-order valence-electron chi connectivity index (χ3n) is 19.4. The van der Waals surface area contributed by atoms with Crippen molar-refractivity contribution in [3.05, 3.63) is 111 Å². The number of anilines is 1. The van der Waals surface area contributed by atoms with Crippen LogP contribution in [0, 0.1) is 70.8 Å². The number of ether oxygens (including phenoxy) is 10. The van der Waals surface area contributed by atoms with Gasteiger partial charge in [-0.15, -0.1) is 25.7 Å². The lowest BCUT2D eigenvalue weighted by atomic mass is 9.98. The number of likely N-dealkylation sites (tertiary alicyclic amines) is 4. The molecule has 5 aliphatic rings. The molecule has 0 bridgehead atoms. The zero-order valence-corrected chi connectivity index (χ0v) is 67.6. The SMILES string of the molecule is C#Cc1cc(OC2CCN(CC(=O)NC)CC2)c(OC)cc1N.C#Cc1cc(OC2CCN(CC(=O)NC)CC2)c(OC)cc1[N+](=O)[O-].C#Cc1ccc(OC)c(OC2CCCCC2)c1.C#Cc1ccc(OC)c(OC2CCN(CC(=O)NC)CC2)c1.CNC(=O)CN1CCC(Oc2cc(C#N)c(N=CN(C)C)cc2OC)CC1. The van der Waals surface area contributed by atoms with Crippen LogP contribution in [0.3, 0.4) is 0 Å². The van der Waals surface area contributed by atoms with E-state index in [0.29, 0.717) is 95.0 Å². The third-order valence-corrected chi connectivity index (χ3v) is 19.4. The number of nitriles is 1. The van der Waals surface area contributed by atoms with Crippen molar-refractivity contribution < 1.29 is 71.5 Å². The molecule has 0 aromatic heterocycles. The van der Waals surface area contributed by atoms with Gasteiger partial charge in [0.2, 0.25) is 23.6 Å². The summed E-state index contributed by atoms with van der Waals surface area (Å²) in [7, 11) is 18.1. The summed E-state index contributed by atoms with van der Waals surface area (Å²) in [6.07, 6.45) is 36.3. The van der Waals surface area contributed by atoms with Crippen molar-refractivity contribution >= 4 is 47.0 Å². The van der Waals surface area contributed by atoms with E-state index in [1.807, 2.05) is 50.5 Å². The average molecular weight is 1570 g/mol. The number of carbonyl (C=O) groups is 4. The van der Waals surface area contributed by atoms with Crippen LogP contribution < -0.4 is 74.4 Å². The number of nitrogens with zero attached hydrogens (tertiary/aromatic N) is 8. The normalized spacial score (nSPS) is 15.6. The molecule has 5 fully saturated rings. The largest absolute Gasteiger partial charge is 0.493 e. The van der Waals surface area contributed by atoms with Crippen LogP contribution in [0.5, 0.6) is 57.5 Å². The average Bonchev–Trinajstić information content (AvgIpc) is 0.826. The molecular weight excluding hydrogens is 1460 g/mol. The molecule has 0 radical (unpaired) electrons. The Labute approximate surface area is 671 Å². The Bertz CT molecular complexity index is 4220. The molecule has 4 heterocycles. The fraction of sp³-hybridized carbons (Fsp3) is 0.482. The molecule has 10 rings (SSSR count). The van der Waals surface area contributed by atoms with Crippen molar-refractivity contribution in [1.82, 2.24) is 45.8 Å². The van der Waals surface area contributed by atoms with Crippen LogP contribution in [0.1, 0.15) is 111 Å². The highest BCUT2D eigenvalue weighted by atomic mass is 16.6. The molecule has 4 saturated heterocycles. The minimum Gasteiger partial charge on any atom is -0.493 e. The Morgan fingerprint density at radius 2 is 0.781 bits per heavy atom. The fourth-order valence-electron chi connectivity index (χ4n) is 12.9. The number of rotatable bonds is 26. The molecule has 0 spiro atoms. The van der Waals surface area contributed by atoms with Gasteiger partial charge >= 0.3 is 0 Å². The number of terminal acetylenes is 4. The minimum absolute atomic E-state index is 0.0162. The summed E-state index contributed by atoms with van der Waals surface area (Å²) in [6.45, 7) is 8.00. The summed E-state index contributed by atoms with van der Waals surface area (Å²) in [6, 6.07) is 22.8. The van der Waals surface area contributed by atoms with E-state index in [2.05, 4.69) is 75.6 Å². The van der Waals surface area contributed by atoms with Crippen molar-refractivity contribution in [2.75, 3.05) is 162 Å². The first-order valence-corrected chi connectivity index (χ1v) is 37.9. The van der Waals surface area contributed by atoms with Gasteiger partial charge in [-0.05, 0) is 113 Å². The number of benzene rings is 5. The second-order valence-corrected chi connectivity index (χ2v) is 27.5. The maximum Gasteiger partial charge on any atom is 0.288 e. The molecule has 1 saturated carbocycles. The predicted molar refractivity (Wildman–Crippen MR) is 438 cm³/mol. The summed E-state index contributed by atoms with van der Waals surface area (Å²) in [5.41, 5.74) is 9.49. The number of nitro groups is 1. The number of nitrogens with one attached hydrogen (secondary N) is 4. The maximum absolute atomic E-state index is 11.5. The van der Waals surface area contributed by atoms with Gasteiger partial charge in [-0.1, -0.05) is 30.1 Å². The van der Waals surface area contributed by atoms with Crippen LogP contribution in [0.2, 0.25) is 0 Å². The first-order valence-electron chi connectivity index (χ1n) is 37.9. The second-order valence-electron chi connectivity index (χ2n) is 27.5. The van der Waals surface area contributed by atoms with Crippen molar-refractivity contribution in [2.45, 2.75) is 114 Å². The number of aliphatic imine (C=N–C) groups is 1. The van der Waals surface area contributed by atoms with Crippen LogP contribution >= 0.6 is 0 Å². The molecular formula is C85H111N13O16. The third kappa shape index (κ3) is 29.4. The predicted octanol–water partition coefficient (Wildman–Crippen LogP) is 8.05. The van der Waals surface area contributed by atoms with Gasteiger partial charge < -0.3 is 79.3 Å². The number of amides is 4. The topological polar surface area (TPSA) is 330 Å². The molecule has 612 valence electrons. The zero-order valence-electron chi connectivity index (χ0n) is 67.6. The highest BCUT2D eigenvalue weighted by Gasteiger charge is 2.29. The van der Waals surface area contributed by atoms with Gasteiger partial charge in [-0.2, -0.15) is 5.26 Å². The highest BCUT2D eigenvalue weighted by molar-refractivity contribution is 5.79. The lowest BCUT2D eigenvalue weighted by Gasteiger charge is -2.31. The van der Waals surface area contributed by atoms with E-state index in [1.165, 1.54) is 38.5 Å². The van der Waals surface area contributed by atoms with E-state index in [9.17, 15) is 34.6 Å². The fourth-order valence-corrected chi connectivity index (χ4v) is 12.9. The van der Waals surface area contributed by atoms with Crippen molar-refractivity contribution in [3.63, 3.8) is 0 Å². The molecule has 6 N–H and O–H groups in total. The number of nitrogen functional groups attached to an aromatic ring is 1. The van der Waals surface area contributed by atoms with Crippen molar-refractivity contribution in [3.8, 4) is 113 Å². The molecule has 29 heteroatoms. The van der Waals surface area contributed by atoms with Crippen LogP contribution in [-0.4, -0.2) is 246 Å². The van der Waals surface area contributed by atoms with Gasteiger partial charge in [0.1, 0.15) is 36.0 Å². The van der Waals surface area contributed by atoms with Crippen LogP contribution in [0.25, 0.3) is 0 Å². The van der Waals surface area contributed by atoms with Crippen LogP contribution in [0.4, 0.5) is 17.1 Å². The molecule has 5 aromatic carbocycles. The van der Waals surface area contributed by atoms with Crippen LogP contribution in [-0.2, 0) is 19.2 Å². The zero-order chi connectivity index (χ0) is 83.1. The monoisotopic (exact) mass is 1570 g/mol. The molecule has 29 nitrogen and oxygen atoms in total. The number of likely N-dealkylation sites (N-methyl/N-ethyl adjacent to an activating group) is 4. The quantitative estimate of drug-likeness (QED) is 0.00872. The van der Waals surface area contributed by atoms with E-state index in [0.717, 1.165) is 139 Å². The van der Waals surface area contributed by atoms with E-state index in [1.54, 1.807) is 92.1 Å². The maximum atomic E-state index is 11.5. The van der Waals surface area contributed by atoms with E-state index in [4.69, 9.17) is 78.8 Å². The number of hydrogen-bond acceptors (Lipinski definition) is 23. The standard InChI is InChI=1S/C19H27N5O3.C17H21N3O5.C17H23N3O3.C17H22N2O3.C15H18O2/c1-21-19(25)12-24-7-5-15(6-8-24)27-18-9-14(11-20)16(10-17(18)26-4)22-13-23(2)3;1-4-12-9-16(15(24-3)10-14(12)20(22)23)25-13-5-7-19(8-6-13)11-17(21)18-2;1-4-12-9-16(15(22-3)10-14(12)18)23-13-5-7-20(8-6-13)11-17(21)19-2;1-4-13-5-6-15(21-3)16(11-13)22-14-7-9-19(10-8-14)12-17(20)18-2;1-3-12-9-10-14(16-2)15(11-12)17-13-7-5-4-6-8-13/h9-10,13,15H,5-8,12H2,1-4H3,(H,21,25);1,9-10,13H,5-8,11H2,2-3H3,(H,18,21);1,9-10,13H,5-8,11,18H2,2-3H3,(H,19,21);1,5-6,11,14H,7-10,12H2,2-3H3,(H,18,20);1,9-11,13H,4-8H2,2H3. The number of carbonyl (C=O) groups excluding carboxylic acids is 4. The van der Waals surface area contributed by atoms with E-state index < -0.39 is 4.92 Å². The summed E-state index contributed by atoms with van der Waals surface area (Å²) >= 11 is 0. The molecule has 5 aromatic rings. The van der Waals surface area contributed by atoms with Gasteiger partial charge in [0.05, 0.1) is 108 Å². The Kier molecular flexibility index (Phi) is 38.5. The lowest BCUT2D eigenvalue weighted by molar-refractivity contribution is -0.385. The number of hydrogen-bond donors (Lipinski definition) is 5. The van der Waals surface area contributed by atoms with Crippen molar-refractivity contribution in [2.24, 2.45) is 4.99 Å². The summed E-state index contributed by atoms with van der Waals surface area (Å²) < 4.78 is 56.8. The number of methoxy groups -OCH3 is 5. The van der Waals surface area contributed by atoms with Crippen molar-refractivity contribution in [1.29, 1.82) is 5.26 Å². The molecule has 1 aliphatic carbocycles. The Balaban J connectivity index is 0.000000223. The Morgan fingerprint density at radius 3 is 1.09 bits per heavy atom. The summed E-state index contributed by atoms with van der Waals surface area (Å²) in [4.78, 5) is 70.8. The summed E-state index contributed by atoms with van der Waals surface area (Å²) in [5.74, 6) is 16.0. The molecule has 0 atom stereocenters. The van der Waals surface area contributed by atoms with Gasteiger partial charge in [0.15, 0.2) is 57.5 Å². The van der Waals surface area contributed by atoms with Crippen LogP contribution in [0.15, 0.2) is 77.8 Å². The molecule has 4 aliphatic heterocycles. The summed E-state index contributed by atoms with van der Waals surface area (Å²) in [5, 5.41) is 31.0. The Morgan fingerprint density at radius 1 is 0.465 bits per heavy atom. The highest BCUT2D eigenvalue weighted by Crippen LogP contribution is 2.40. The van der Waals surface area contributed by atoms with E-state index >= 15 is 0 Å². The number of nitro benzene ring substituents is 1. The van der Waals surface area contributed by atoms with Gasteiger partial charge in [-0.3, -0.25) is 48.9 Å². The van der Waals surface area contributed by atoms with E-state index in [-0.39, 0.29) is 65.0 Å². The van der Waals surface area contributed by atoms with Gasteiger partial charge in [0.25, 0.3) is 5.69 Å². The lowest BCUT2D eigenvalue weighted by Crippen LogP contribution is -2.43. The molecule has 114 heavy (non-hydrogen) atoms. The molecule has 4 amide bonds. The Hall–Kier alpha value is -11.8. The smallest absolute Gasteiger partial charge is 0.288 e. The minimum atomic E-state index is -0.543. The molecule has 0 unspecified atom stereocenters. The number of piperidine rings is 4. The first-order chi connectivity index (χ1) is 55.0. The van der Waals surface area contributed by atoms with Gasteiger partial charge in [0, 0.05) is 136 Å². The first kappa shape index (κ1) is 91.1. The number of nitrogens with two attached hydrogens (primary N) is 1.